The number of nitrogens with zero attached hydrogens (tertiary/aromatic N) is 4. The predicted octanol–water partition coefficient (Wildman–Crippen LogP) is 2.97. The molecule has 1 aliphatic heterocycles. The van der Waals surface area contributed by atoms with E-state index < -0.39 is 0 Å². The molecular formula is C20H22N4O. The van der Waals surface area contributed by atoms with Crippen molar-refractivity contribution >= 4 is 11.7 Å². The lowest BCUT2D eigenvalue weighted by atomic mass is 10.0. The lowest BCUT2D eigenvalue weighted by molar-refractivity contribution is -0.117. The molecular weight excluding hydrogens is 312 g/mol. The molecule has 25 heavy (non-hydrogen) atoms. The maximum atomic E-state index is 12.2. The van der Waals surface area contributed by atoms with Gasteiger partial charge in [0, 0.05) is 38.8 Å². The maximum Gasteiger partial charge on any atom is 0.225 e. The molecule has 0 atom stereocenters. The predicted molar refractivity (Wildman–Crippen MR) is 96.9 cm³/mol. The first-order chi connectivity index (χ1) is 12.2. The van der Waals surface area contributed by atoms with Crippen molar-refractivity contribution in [3.63, 3.8) is 0 Å². The fourth-order valence-corrected chi connectivity index (χ4v) is 3.43. The van der Waals surface area contributed by atoms with Crippen molar-refractivity contribution < 1.29 is 4.79 Å². The van der Waals surface area contributed by atoms with Gasteiger partial charge in [-0.05, 0) is 30.5 Å². The van der Waals surface area contributed by atoms with Crippen molar-refractivity contribution in [2.75, 3.05) is 18.0 Å². The Bertz CT molecular complexity index is 761. The molecule has 1 fully saturated rings. The summed E-state index contributed by atoms with van der Waals surface area (Å²) in [5, 5.41) is 9.32. The van der Waals surface area contributed by atoms with Crippen LogP contribution in [0.3, 0.4) is 0 Å². The summed E-state index contributed by atoms with van der Waals surface area (Å²) >= 11 is 0. The Hall–Kier alpha value is -2.71. The molecule has 0 spiro atoms. The van der Waals surface area contributed by atoms with Gasteiger partial charge in [-0.25, -0.2) is 4.98 Å². The van der Waals surface area contributed by atoms with E-state index in [0.29, 0.717) is 11.4 Å². The number of likely N-dealkylation sites (tertiary alicyclic amines) is 1. The third-order valence-corrected chi connectivity index (χ3v) is 4.65. The summed E-state index contributed by atoms with van der Waals surface area (Å²) in [6.07, 6.45) is 3.40. The van der Waals surface area contributed by atoms with Gasteiger partial charge in [0.2, 0.25) is 5.91 Å². The summed E-state index contributed by atoms with van der Waals surface area (Å²) in [4.78, 5) is 20.7. The van der Waals surface area contributed by atoms with Gasteiger partial charge in [0.15, 0.2) is 5.82 Å². The molecule has 1 aliphatic rings. The van der Waals surface area contributed by atoms with E-state index in [2.05, 4.69) is 40.2 Å². The molecule has 1 aromatic heterocycles. The molecule has 2 heterocycles. The van der Waals surface area contributed by atoms with Crippen LogP contribution in [0.4, 0.5) is 5.82 Å². The lowest BCUT2D eigenvalue weighted by Gasteiger charge is -2.37. The number of nitriles is 1. The number of benzene rings is 1. The Balaban J connectivity index is 1.69. The van der Waals surface area contributed by atoms with Crippen LogP contribution in [-0.4, -0.2) is 34.9 Å². The van der Waals surface area contributed by atoms with Crippen LogP contribution in [0.2, 0.25) is 0 Å². The van der Waals surface area contributed by atoms with Gasteiger partial charge in [0.1, 0.15) is 6.07 Å². The average Bonchev–Trinajstić information content (AvgIpc) is 2.64. The second-order valence-electron chi connectivity index (χ2n) is 6.37. The Morgan fingerprint density at radius 1 is 1.24 bits per heavy atom. The monoisotopic (exact) mass is 334 g/mol. The first-order valence-electron chi connectivity index (χ1n) is 8.60. The van der Waals surface area contributed by atoms with Crippen LogP contribution >= 0.6 is 0 Å². The molecule has 0 bridgehead atoms. The van der Waals surface area contributed by atoms with Gasteiger partial charge < -0.3 is 0 Å². The van der Waals surface area contributed by atoms with E-state index in [0.717, 1.165) is 32.5 Å². The molecule has 1 amide bonds. The second-order valence-corrected chi connectivity index (χ2v) is 6.37. The number of rotatable bonds is 4. The van der Waals surface area contributed by atoms with E-state index in [-0.39, 0.29) is 11.9 Å². The number of pyridine rings is 1. The SMILES string of the molecule is CC(=O)N(c1ncccc1C#N)C1CCN(Cc2ccccc2)CC1. The minimum atomic E-state index is -0.0586. The minimum Gasteiger partial charge on any atom is -0.299 e. The molecule has 0 saturated carbocycles. The van der Waals surface area contributed by atoms with Crippen molar-refractivity contribution in [2.45, 2.75) is 32.4 Å². The number of piperidine rings is 1. The van der Waals surface area contributed by atoms with Crippen LogP contribution in [0, 0.1) is 11.3 Å². The van der Waals surface area contributed by atoms with Crippen LogP contribution in [0.25, 0.3) is 0 Å². The van der Waals surface area contributed by atoms with Gasteiger partial charge >= 0.3 is 0 Å². The van der Waals surface area contributed by atoms with E-state index in [4.69, 9.17) is 0 Å². The summed E-state index contributed by atoms with van der Waals surface area (Å²) in [7, 11) is 0. The Morgan fingerprint density at radius 3 is 2.60 bits per heavy atom. The highest BCUT2D eigenvalue weighted by Gasteiger charge is 2.29. The number of carbonyl (C=O) groups is 1. The zero-order valence-corrected chi connectivity index (χ0v) is 14.4. The standard InChI is InChI=1S/C20H22N4O/c1-16(25)24(20-18(14-21)8-5-11-22-20)19-9-12-23(13-10-19)15-17-6-3-2-4-7-17/h2-8,11,19H,9-10,12-13,15H2,1H3. The summed E-state index contributed by atoms with van der Waals surface area (Å²) in [6.45, 7) is 4.34. The molecule has 128 valence electrons. The maximum absolute atomic E-state index is 12.2. The Kier molecular flexibility index (Phi) is 5.42. The number of aromatic nitrogens is 1. The van der Waals surface area contributed by atoms with Gasteiger partial charge in [-0.1, -0.05) is 30.3 Å². The van der Waals surface area contributed by atoms with Crippen LogP contribution in [0.5, 0.6) is 0 Å². The van der Waals surface area contributed by atoms with Crippen LogP contribution in [0.1, 0.15) is 30.9 Å². The normalized spacial score (nSPS) is 15.5. The topological polar surface area (TPSA) is 60.2 Å². The van der Waals surface area contributed by atoms with Gasteiger partial charge in [-0.15, -0.1) is 0 Å². The van der Waals surface area contributed by atoms with E-state index in [9.17, 15) is 10.1 Å². The van der Waals surface area contributed by atoms with Gasteiger partial charge in [-0.3, -0.25) is 14.6 Å². The number of carbonyl (C=O) groups excluding carboxylic acids is 1. The van der Waals surface area contributed by atoms with Gasteiger partial charge in [0.05, 0.1) is 5.56 Å². The van der Waals surface area contributed by atoms with Crippen LogP contribution in [0.15, 0.2) is 48.7 Å². The molecule has 5 heteroatoms. The molecule has 1 aromatic carbocycles. The molecule has 0 unspecified atom stereocenters. The molecule has 0 N–H and O–H groups in total. The molecule has 2 aromatic rings. The third-order valence-electron chi connectivity index (χ3n) is 4.65. The van der Waals surface area contributed by atoms with Crippen molar-refractivity contribution in [3.05, 3.63) is 59.8 Å². The summed E-state index contributed by atoms with van der Waals surface area (Å²) in [5.41, 5.74) is 1.75. The fourth-order valence-electron chi connectivity index (χ4n) is 3.43. The first kappa shape index (κ1) is 17.1. The summed E-state index contributed by atoms with van der Waals surface area (Å²) in [6, 6.07) is 16.1. The largest absolute Gasteiger partial charge is 0.299 e. The zero-order valence-electron chi connectivity index (χ0n) is 14.4. The van der Waals surface area contributed by atoms with Gasteiger partial charge in [-0.2, -0.15) is 5.26 Å². The van der Waals surface area contributed by atoms with Crippen molar-refractivity contribution in [3.8, 4) is 6.07 Å². The lowest BCUT2D eigenvalue weighted by Crippen LogP contribution is -2.47. The highest BCUT2D eigenvalue weighted by Crippen LogP contribution is 2.25. The van der Waals surface area contributed by atoms with Crippen molar-refractivity contribution in [2.24, 2.45) is 0 Å². The number of amides is 1. The van der Waals surface area contributed by atoms with Crippen LogP contribution in [-0.2, 0) is 11.3 Å². The summed E-state index contributed by atoms with van der Waals surface area (Å²) < 4.78 is 0. The number of hydrogen-bond donors (Lipinski definition) is 0. The van der Waals surface area contributed by atoms with Gasteiger partial charge in [0.25, 0.3) is 0 Å². The highest BCUT2D eigenvalue weighted by atomic mass is 16.2. The third kappa shape index (κ3) is 4.04. The Morgan fingerprint density at radius 2 is 1.96 bits per heavy atom. The van der Waals surface area contributed by atoms with E-state index in [1.807, 2.05) is 6.07 Å². The van der Waals surface area contributed by atoms with Crippen molar-refractivity contribution in [1.82, 2.24) is 9.88 Å². The molecule has 0 radical (unpaired) electrons. The molecule has 3 rings (SSSR count). The quantitative estimate of drug-likeness (QED) is 0.862. The zero-order chi connectivity index (χ0) is 17.6. The number of anilines is 1. The minimum absolute atomic E-state index is 0.0586. The first-order valence-corrected chi connectivity index (χ1v) is 8.60. The number of hydrogen-bond acceptors (Lipinski definition) is 4. The smallest absolute Gasteiger partial charge is 0.225 e. The van der Waals surface area contributed by atoms with Crippen molar-refractivity contribution in [1.29, 1.82) is 5.26 Å². The van der Waals surface area contributed by atoms with E-state index in [1.165, 1.54) is 5.56 Å². The summed E-state index contributed by atoms with van der Waals surface area (Å²) in [5.74, 6) is 0.427. The van der Waals surface area contributed by atoms with E-state index >= 15 is 0 Å². The average molecular weight is 334 g/mol. The molecule has 1 saturated heterocycles. The Labute approximate surface area is 148 Å². The molecule has 5 nitrogen and oxygen atoms in total. The highest BCUT2D eigenvalue weighted by molar-refractivity contribution is 5.92. The fraction of sp³-hybridized carbons (Fsp3) is 0.350. The molecule has 0 aliphatic carbocycles. The van der Waals surface area contributed by atoms with Crippen LogP contribution < -0.4 is 4.90 Å². The second kappa shape index (κ2) is 7.91. The van der Waals surface area contributed by atoms with E-state index in [1.54, 1.807) is 30.2 Å².